The first-order chi connectivity index (χ1) is 15.4. The molecule has 0 spiro atoms. The summed E-state index contributed by atoms with van der Waals surface area (Å²) >= 11 is 2.46. The Morgan fingerprint density at radius 1 is 1.09 bits per heavy atom. The fourth-order valence-electron chi connectivity index (χ4n) is 3.06. The maximum absolute atomic E-state index is 13.3. The molecule has 0 fully saturated rings. The lowest BCUT2D eigenvalue weighted by molar-refractivity contribution is -0.113. The van der Waals surface area contributed by atoms with Crippen molar-refractivity contribution in [2.24, 2.45) is 0 Å². The van der Waals surface area contributed by atoms with E-state index in [1.165, 1.54) is 35.0 Å². The third-order valence-corrected chi connectivity index (χ3v) is 6.56. The summed E-state index contributed by atoms with van der Waals surface area (Å²) in [5, 5.41) is 4.98. The average Bonchev–Trinajstić information content (AvgIpc) is 3.25. The van der Waals surface area contributed by atoms with Crippen molar-refractivity contribution in [3.8, 4) is 0 Å². The molecule has 0 unspecified atom stereocenters. The normalized spacial score (nSPS) is 10.9. The zero-order valence-electron chi connectivity index (χ0n) is 17.0. The smallest absolute Gasteiger partial charge is 0.272 e. The highest BCUT2D eigenvalue weighted by Crippen LogP contribution is 2.22. The molecule has 2 aromatic carbocycles. The summed E-state index contributed by atoms with van der Waals surface area (Å²) in [5.41, 5.74) is 2.28. The van der Waals surface area contributed by atoms with Crippen molar-refractivity contribution in [2.75, 3.05) is 11.1 Å². The molecule has 9 heteroatoms. The van der Waals surface area contributed by atoms with E-state index in [0.717, 1.165) is 17.3 Å². The maximum Gasteiger partial charge on any atom is 0.272 e. The van der Waals surface area contributed by atoms with Gasteiger partial charge in [0.1, 0.15) is 10.5 Å². The zero-order valence-corrected chi connectivity index (χ0v) is 18.6. The number of benzene rings is 2. The number of hydrogen-bond donors (Lipinski definition) is 1. The summed E-state index contributed by atoms with van der Waals surface area (Å²) in [4.78, 5) is 41.4. The molecule has 0 atom stereocenters. The molecule has 0 saturated carbocycles. The van der Waals surface area contributed by atoms with Crippen LogP contribution in [-0.4, -0.2) is 27.0 Å². The number of anilines is 1. The predicted molar refractivity (Wildman–Crippen MR) is 125 cm³/mol. The van der Waals surface area contributed by atoms with Crippen LogP contribution >= 0.6 is 23.1 Å². The highest BCUT2D eigenvalue weighted by molar-refractivity contribution is 7.99. The molecule has 0 aliphatic heterocycles. The van der Waals surface area contributed by atoms with E-state index in [9.17, 15) is 18.8 Å². The summed E-state index contributed by atoms with van der Waals surface area (Å²) in [6.45, 7) is 1.70. The van der Waals surface area contributed by atoms with Gasteiger partial charge in [0.05, 0.1) is 17.8 Å². The molecule has 2 aromatic heterocycles. The van der Waals surface area contributed by atoms with Crippen LogP contribution in [0.1, 0.15) is 22.8 Å². The molecule has 0 aliphatic rings. The second-order valence-electron chi connectivity index (χ2n) is 7.02. The van der Waals surface area contributed by atoms with E-state index < -0.39 is 0 Å². The summed E-state index contributed by atoms with van der Waals surface area (Å²) < 4.78 is 15.3. The van der Waals surface area contributed by atoms with Crippen LogP contribution in [0.25, 0.3) is 10.2 Å². The number of hydrogen-bond acceptors (Lipinski definition) is 6. The number of fused-ring (bicyclic) bond motifs is 1. The lowest BCUT2D eigenvalue weighted by atomic mass is 10.1. The van der Waals surface area contributed by atoms with Gasteiger partial charge in [0.15, 0.2) is 10.9 Å². The number of nitrogens with zero attached hydrogens (tertiary/aromatic N) is 2. The summed E-state index contributed by atoms with van der Waals surface area (Å²) in [6.07, 6.45) is 0. The molecule has 1 N–H and O–H groups in total. The molecule has 6 nitrogen and oxygen atoms in total. The Labute approximate surface area is 191 Å². The molecular weight excluding hydrogens is 449 g/mol. The average molecular weight is 468 g/mol. The lowest BCUT2D eigenvalue weighted by Crippen LogP contribution is -2.24. The molecule has 0 aliphatic carbocycles. The zero-order chi connectivity index (χ0) is 22.7. The topological polar surface area (TPSA) is 81.1 Å². The number of carbonyl (C=O) groups is 2. The molecule has 2 heterocycles. The number of Topliss-reactive ketones (excluding diaryl/α,β-unsaturated/α-hetero) is 1. The second kappa shape index (κ2) is 9.46. The molecule has 0 bridgehead atoms. The van der Waals surface area contributed by atoms with Gasteiger partial charge in [-0.1, -0.05) is 23.9 Å². The standard InChI is InChI=1S/C23H18FN3O3S2/c1-14(28)16-4-8-18(9-5-16)25-20(29)13-32-23-26-19-10-11-31-21(19)22(30)27(23)12-15-2-6-17(24)7-3-15/h2-11H,12-13H2,1H3,(H,25,29). The highest BCUT2D eigenvalue weighted by Gasteiger charge is 2.15. The van der Waals surface area contributed by atoms with Gasteiger partial charge in [0, 0.05) is 11.3 Å². The van der Waals surface area contributed by atoms with Gasteiger partial charge in [-0.15, -0.1) is 11.3 Å². The Morgan fingerprint density at radius 3 is 2.50 bits per heavy atom. The van der Waals surface area contributed by atoms with Gasteiger partial charge >= 0.3 is 0 Å². The van der Waals surface area contributed by atoms with Crippen LogP contribution in [-0.2, 0) is 11.3 Å². The fourth-order valence-corrected chi connectivity index (χ4v) is 4.64. The number of carbonyl (C=O) groups excluding carboxylic acids is 2. The first-order valence-electron chi connectivity index (χ1n) is 9.67. The number of thioether (sulfide) groups is 1. The van der Waals surface area contributed by atoms with Gasteiger partial charge in [0.2, 0.25) is 5.91 Å². The van der Waals surface area contributed by atoms with Crippen LogP contribution in [0.3, 0.4) is 0 Å². The van der Waals surface area contributed by atoms with Gasteiger partial charge in [-0.05, 0) is 60.3 Å². The van der Waals surface area contributed by atoms with Crippen molar-refractivity contribution < 1.29 is 14.0 Å². The maximum atomic E-state index is 13.3. The number of aromatic nitrogens is 2. The van der Waals surface area contributed by atoms with Crippen LogP contribution in [0, 0.1) is 5.82 Å². The van der Waals surface area contributed by atoms with Crippen molar-refractivity contribution in [1.29, 1.82) is 0 Å². The molecule has 32 heavy (non-hydrogen) atoms. The van der Waals surface area contributed by atoms with Crippen LogP contribution in [0.2, 0.25) is 0 Å². The Balaban J connectivity index is 1.53. The largest absolute Gasteiger partial charge is 0.325 e. The van der Waals surface area contributed by atoms with E-state index in [1.807, 2.05) is 0 Å². The van der Waals surface area contributed by atoms with Crippen molar-refractivity contribution in [2.45, 2.75) is 18.6 Å². The van der Waals surface area contributed by atoms with Crippen molar-refractivity contribution >= 4 is 50.7 Å². The lowest BCUT2D eigenvalue weighted by Gasteiger charge is -2.12. The molecular formula is C23H18FN3O3S2. The number of thiophene rings is 1. The van der Waals surface area contributed by atoms with Crippen LogP contribution < -0.4 is 10.9 Å². The summed E-state index contributed by atoms with van der Waals surface area (Å²) in [5.74, 6) is -0.624. The molecule has 0 saturated heterocycles. The number of ketones is 1. The molecule has 1 amide bonds. The minimum absolute atomic E-state index is 0.0416. The number of halogens is 1. The summed E-state index contributed by atoms with van der Waals surface area (Å²) in [6, 6.07) is 14.3. The Kier molecular flexibility index (Phi) is 6.48. The number of nitrogens with one attached hydrogen (secondary N) is 1. The first kappa shape index (κ1) is 21.9. The quantitative estimate of drug-likeness (QED) is 0.244. The number of amides is 1. The van der Waals surface area contributed by atoms with Gasteiger partial charge in [-0.2, -0.15) is 0 Å². The SMILES string of the molecule is CC(=O)c1ccc(NC(=O)CSc2nc3ccsc3c(=O)n2Cc2ccc(F)cc2)cc1. The van der Waals surface area contributed by atoms with Gasteiger partial charge in [0.25, 0.3) is 5.56 Å². The molecule has 4 aromatic rings. The summed E-state index contributed by atoms with van der Waals surface area (Å²) in [7, 11) is 0. The molecule has 4 rings (SSSR count). The fraction of sp³-hybridized carbons (Fsp3) is 0.130. The van der Waals surface area contributed by atoms with E-state index in [1.54, 1.807) is 47.8 Å². The Morgan fingerprint density at radius 2 is 1.81 bits per heavy atom. The highest BCUT2D eigenvalue weighted by atomic mass is 32.2. The Hall–Kier alpha value is -3.30. The minimum atomic E-state index is -0.351. The van der Waals surface area contributed by atoms with Gasteiger partial charge < -0.3 is 5.32 Å². The van der Waals surface area contributed by atoms with Crippen molar-refractivity contribution in [3.05, 3.63) is 87.3 Å². The van der Waals surface area contributed by atoms with Crippen molar-refractivity contribution in [3.63, 3.8) is 0 Å². The van der Waals surface area contributed by atoms with E-state index >= 15 is 0 Å². The molecule has 162 valence electrons. The van der Waals surface area contributed by atoms with Crippen LogP contribution in [0.15, 0.2) is 69.9 Å². The number of rotatable bonds is 7. The molecule has 0 radical (unpaired) electrons. The van der Waals surface area contributed by atoms with Crippen LogP contribution in [0.5, 0.6) is 0 Å². The van der Waals surface area contributed by atoms with Gasteiger partial charge in [-0.3, -0.25) is 19.0 Å². The van der Waals surface area contributed by atoms with E-state index in [4.69, 9.17) is 0 Å². The van der Waals surface area contributed by atoms with Crippen molar-refractivity contribution in [1.82, 2.24) is 9.55 Å². The van der Waals surface area contributed by atoms with Crippen LogP contribution in [0.4, 0.5) is 10.1 Å². The monoisotopic (exact) mass is 467 g/mol. The van der Waals surface area contributed by atoms with E-state index in [2.05, 4.69) is 10.3 Å². The second-order valence-corrected chi connectivity index (χ2v) is 8.88. The van der Waals surface area contributed by atoms with E-state index in [0.29, 0.717) is 26.6 Å². The predicted octanol–water partition coefficient (Wildman–Crippen LogP) is 4.58. The first-order valence-corrected chi connectivity index (χ1v) is 11.5. The Bertz CT molecular complexity index is 1350. The van der Waals surface area contributed by atoms with Gasteiger partial charge in [-0.25, -0.2) is 9.37 Å². The minimum Gasteiger partial charge on any atom is -0.325 e. The third-order valence-electron chi connectivity index (χ3n) is 4.69. The van der Waals surface area contributed by atoms with E-state index in [-0.39, 0.29) is 35.4 Å². The third kappa shape index (κ3) is 4.95.